The first-order valence-corrected chi connectivity index (χ1v) is 27.3. The van der Waals surface area contributed by atoms with E-state index in [0.29, 0.717) is 67.3 Å². The van der Waals surface area contributed by atoms with Crippen LogP contribution in [0.3, 0.4) is 0 Å². The minimum Gasteiger partial charge on any atom is -0.550 e. The van der Waals surface area contributed by atoms with Crippen molar-refractivity contribution >= 4 is 72.9 Å². The van der Waals surface area contributed by atoms with E-state index in [1.165, 1.54) is 36.4 Å². The van der Waals surface area contributed by atoms with Gasteiger partial charge in [0.1, 0.15) is 23.1 Å². The monoisotopic (exact) mass is 1190 g/mol. The van der Waals surface area contributed by atoms with Crippen molar-refractivity contribution in [2.24, 2.45) is 0 Å². The molecule has 2 amide bonds. The fourth-order valence-corrected chi connectivity index (χ4v) is 10.3. The molecule has 440 valence electrons. The molecule has 0 unspecified atom stereocenters. The Morgan fingerprint density at radius 1 is 0.506 bits per heavy atom. The fraction of sp³-hybridized carbons (Fsp3) is 0.281. The molecule has 4 aromatic heterocycles. The van der Waals surface area contributed by atoms with Gasteiger partial charge in [-0.3, -0.25) is 19.6 Å². The van der Waals surface area contributed by atoms with Crippen molar-refractivity contribution < 1.29 is 68.8 Å². The third-order valence-electron chi connectivity index (χ3n) is 13.9. The number of nitrogens with one attached hydrogen (secondary N) is 2. The Morgan fingerprint density at radius 2 is 0.859 bits per heavy atom. The number of carboxylic acid groups (broad SMARTS) is 2. The number of hydrogen-bond donors (Lipinski definition) is 8. The number of aliphatic hydroxyl groups excluding tert-OH is 4. The second-order valence-corrected chi connectivity index (χ2v) is 20.8. The summed E-state index contributed by atoms with van der Waals surface area (Å²) in [5.41, 5.74) is 7.12. The van der Waals surface area contributed by atoms with E-state index in [-0.39, 0.29) is 111 Å². The van der Waals surface area contributed by atoms with E-state index in [0.717, 1.165) is 0 Å². The molecular formula is C64H66CaF2N6O12. The summed E-state index contributed by atoms with van der Waals surface area (Å²) in [4.78, 5) is 58.4. The summed E-state index contributed by atoms with van der Waals surface area (Å²) < 4.78 is 31.8. The maximum atomic E-state index is 14.1. The number of anilines is 2. The van der Waals surface area contributed by atoms with Crippen molar-refractivity contribution in [1.82, 2.24) is 19.1 Å². The van der Waals surface area contributed by atoms with E-state index in [2.05, 4.69) is 20.6 Å². The summed E-state index contributed by atoms with van der Waals surface area (Å²) in [5, 5.41) is 89.5. The zero-order valence-corrected chi connectivity index (χ0v) is 49.6. The molecule has 0 radical (unpaired) electrons. The van der Waals surface area contributed by atoms with Gasteiger partial charge in [0, 0.05) is 96.3 Å². The number of pyridine rings is 2. The molecule has 0 aliphatic carbocycles. The Labute approximate surface area is 520 Å². The Hall–Kier alpha value is -7.82. The van der Waals surface area contributed by atoms with Gasteiger partial charge >= 0.3 is 37.7 Å². The van der Waals surface area contributed by atoms with Crippen LogP contribution in [0.1, 0.15) is 110 Å². The molecule has 8 rings (SSSR count). The summed E-state index contributed by atoms with van der Waals surface area (Å²) in [6.45, 7) is 8.07. The maximum Gasteiger partial charge on any atom is 2.00 e. The average molecular weight is 1190 g/mol. The number of aliphatic hydroxyl groups is 4. The van der Waals surface area contributed by atoms with Crippen LogP contribution in [0.25, 0.3) is 44.8 Å². The Kier molecular flexibility index (Phi) is 24.1. The number of rotatable bonds is 24. The molecule has 0 saturated carbocycles. The molecule has 0 saturated heterocycles. The van der Waals surface area contributed by atoms with Crippen molar-refractivity contribution in [3.8, 4) is 56.3 Å². The molecule has 0 aliphatic heterocycles. The number of carbonyl (C=O) groups excluding carboxylic acids is 4. The molecule has 0 fully saturated rings. The SMILES string of the molecule is CC(C)c1c(C(=O)Nc2ccccc2O)c(-c2cccnc2)c(-c2ccc(F)cc2)n1CC[C@@H](O)C[C@@H](O)CC(=O)[O-].CC(C)c1c(C(=O)Nc2ccccc2O)c(-c2cccnc2)c(-c2ccc(F)cc2)n1CC[C@@H](O)C[C@@H](O)CC(=O)[O-].[Ca+2]. The first kappa shape index (κ1) is 66.3. The van der Waals surface area contributed by atoms with Crippen LogP contribution >= 0.6 is 0 Å². The first-order valence-electron chi connectivity index (χ1n) is 27.3. The predicted molar refractivity (Wildman–Crippen MR) is 314 cm³/mol. The number of aliphatic carboxylic acids is 2. The van der Waals surface area contributed by atoms with Gasteiger partial charge in [0.2, 0.25) is 0 Å². The molecule has 85 heavy (non-hydrogen) atoms. The number of nitrogens with zero attached hydrogens (tertiary/aromatic N) is 4. The summed E-state index contributed by atoms with van der Waals surface area (Å²) in [5.74, 6) is -5.27. The number of carboxylic acids is 2. The molecule has 21 heteroatoms. The number of halogens is 2. The van der Waals surface area contributed by atoms with E-state index in [9.17, 15) is 68.8 Å². The Morgan fingerprint density at radius 3 is 1.16 bits per heavy atom. The van der Waals surface area contributed by atoms with Gasteiger partial charge in [-0.05, 0) is 134 Å². The number of para-hydroxylation sites is 4. The van der Waals surface area contributed by atoms with Gasteiger partial charge in [-0.25, -0.2) is 8.78 Å². The van der Waals surface area contributed by atoms with Crippen molar-refractivity contribution in [3.63, 3.8) is 0 Å². The molecule has 8 N–H and O–H groups in total. The molecule has 4 atom stereocenters. The zero-order chi connectivity index (χ0) is 60.8. The fourth-order valence-electron chi connectivity index (χ4n) is 10.3. The largest absolute Gasteiger partial charge is 2.00 e. The van der Waals surface area contributed by atoms with Gasteiger partial charge in [0.15, 0.2) is 0 Å². The Balaban J connectivity index is 0.000000269. The van der Waals surface area contributed by atoms with Crippen molar-refractivity contribution in [3.05, 3.63) is 180 Å². The molecular weight excluding hydrogens is 1120 g/mol. The molecule has 0 aliphatic rings. The van der Waals surface area contributed by atoms with E-state index in [4.69, 9.17) is 0 Å². The number of amides is 2. The predicted octanol–water partition coefficient (Wildman–Crippen LogP) is 7.78. The smallest absolute Gasteiger partial charge is 0.550 e. The van der Waals surface area contributed by atoms with Gasteiger partial charge in [-0.2, -0.15) is 0 Å². The molecule has 18 nitrogen and oxygen atoms in total. The van der Waals surface area contributed by atoms with Crippen LogP contribution in [0.4, 0.5) is 20.2 Å². The summed E-state index contributed by atoms with van der Waals surface area (Å²) >= 11 is 0. The van der Waals surface area contributed by atoms with E-state index in [1.807, 2.05) is 49.0 Å². The number of phenolic OH excluding ortho intramolecular Hbond substituents is 2. The minimum atomic E-state index is -1.41. The third kappa shape index (κ3) is 17.2. The average Bonchev–Trinajstić information content (AvgIpc) is 1.71. The number of benzene rings is 4. The number of hydrogen-bond acceptors (Lipinski definition) is 14. The molecule has 0 bridgehead atoms. The molecule has 4 heterocycles. The van der Waals surface area contributed by atoms with Gasteiger partial charge in [-0.15, -0.1) is 0 Å². The normalized spacial score (nSPS) is 12.6. The topological polar surface area (TPSA) is 295 Å². The van der Waals surface area contributed by atoms with Crippen LogP contribution in [-0.2, 0) is 22.7 Å². The Bertz CT molecular complexity index is 3310. The van der Waals surface area contributed by atoms with Gasteiger partial charge in [-0.1, -0.05) is 64.1 Å². The van der Waals surface area contributed by atoms with E-state index < -0.39 is 72.6 Å². The first-order chi connectivity index (χ1) is 40.1. The van der Waals surface area contributed by atoms with Crippen molar-refractivity contribution in [2.45, 2.75) is 116 Å². The quantitative estimate of drug-likeness (QED) is 0.0212. The van der Waals surface area contributed by atoms with Crippen LogP contribution in [-0.4, -0.2) is 136 Å². The van der Waals surface area contributed by atoms with E-state index >= 15 is 0 Å². The number of carbonyl (C=O) groups is 4. The standard InChI is InChI=1S/2C32H34FN3O6.Ca/c2*1-19(2)30-29(32(42)35-25-7-3-4-8-26(25)39)28(21-6-5-14-34-18-21)31(20-9-11-22(33)12-10-20)36(30)15-13-23(37)16-24(38)17-27(40)41;/h2*3-12,14,18-19,23-24,37-39H,13,15-17H2,1-2H3,(H,35,42)(H,40,41);/q;;+2/p-2/t2*23-,24-;/m11./s1. The molecule has 0 spiro atoms. The summed E-state index contributed by atoms with van der Waals surface area (Å²) in [6, 6.07) is 31.6. The van der Waals surface area contributed by atoms with E-state index in [1.54, 1.807) is 97.6 Å². The van der Waals surface area contributed by atoms with Crippen LogP contribution in [0.15, 0.2) is 146 Å². The summed E-state index contributed by atoms with van der Waals surface area (Å²) in [7, 11) is 0. The number of aromatic nitrogens is 4. The maximum absolute atomic E-state index is 14.1. The van der Waals surface area contributed by atoms with Crippen LogP contribution < -0.4 is 20.8 Å². The van der Waals surface area contributed by atoms with Gasteiger partial charge in [0.25, 0.3) is 11.8 Å². The van der Waals surface area contributed by atoms with Crippen LogP contribution in [0.2, 0.25) is 0 Å². The van der Waals surface area contributed by atoms with Crippen molar-refractivity contribution in [2.75, 3.05) is 10.6 Å². The third-order valence-corrected chi connectivity index (χ3v) is 13.9. The van der Waals surface area contributed by atoms with Crippen LogP contribution in [0, 0.1) is 11.6 Å². The minimum absolute atomic E-state index is 0. The molecule has 4 aromatic carbocycles. The van der Waals surface area contributed by atoms with Crippen molar-refractivity contribution in [1.29, 1.82) is 0 Å². The number of phenols is 2. The van der Waals surface area contributed by atoms with Gasteiger partial charge < -0.3 is 70.2 Å². The zero-order valence-electron chi connectivity index (χ0n) is 47.4. The molecule has 8 aromatic rings. The summed E-state index contributed by atoms with van der Waals surface area (Å²) in [6.07, 6.45) is 0.518. The second kappa shape index (κ2) is 30.8. The number of aromatic hydroxyl groups is 2. The second-order valence-electron chi connectivity index (χ2n) is 20.8. The van der Waals surface area contributed by atoms with Gasteiger partial charge in [0.05, 0.1) is 58.3 Å². The van der Waals surface area contributed by atoms with Crippen LogP contribution in [0.5, 0.6) is 11.5 Å².